The van der Waals surface area contributed by atoms with Gasteiger partial charge in [0, 0.05) is 13.6 Å². The van der Waals surface area contributed by atoms with E-state index < -0.39 is 20.0 Å². The molecule has 0 aliphatic carbocycles. The van der Waals surface area contributed by atoms with Crippen molar-refractivity contribution < 1.29 is 16.8 Å². The van der Waals surface area contributed by atoms with Crippen LogP contribution in [0.25, 0.3) is 0 Å². The minimum atomic E-state index is -3.76. The predicted octanol–water partition coefficient (Wildman–Crippen LogP) is 3.06. The normalized spacial score (nSPS) is 16.9. The summed E-state index contributed by atoms with van der Waals surface area (Å²) >= 11 is 0. The minimum Gasteiger partial charge on any atom is -0.270 e. The Balaban J connectivity index is 2.05. The van der Waals surface area contributed by atoms with Crippen LogP contribution in [0.4, 0.5) is 11.4 Å². The summed E-state index contributed by atoms with van der Waals surface area (Å²) in [5.41, 5.74) is 2.17. The molecule has 6 nitrogen and oxygen atoms in total. The molecule has 0 atom stereocenters. The van der Waals surface area contributed by atoms with Gasteiger partial charge in [-0.15, -0.1) is 0 Å². The van der Waals surface area contributed by atoms with E-state index >= 15 is 0 Å². The average Bonchev–Trinajstić information content (AvgIpc) is 2.60. The maximum atomic E-state index is 13.2. The molecule has 0 amide bonds. The minimum absolute atomic E-state index is 0.127. The summed E-state index contributed by atoms with van der Waals surface area (Å²) < 4.78 is 53.8. The molecule has 1 saturated heterocycles. The third-order valence-electron chi connectivity index (χ3n) is 4.82. The molecule has 0 aromatic heterocycles. The summed E-state index contributed by atoms with van der Waals surface area (Å²) in [6.07, 6.45) is 1.46. The van der Waals surface area contributed by atoms with Crippen molar-refractivity contribution >= 4 is 31.4 Å². The highest BCUT2D eigenvalue weighted by Crippen LogP contribution is 2.32. The van der Waals surface area contributed by atoms with Crippen LogP contribution in [-0.2, 0) is 20.0 Å². The van der Waals surface area contributed by atoms with Crippen molar-refractivity contribution in [2.45, 2.75) is 31.6 Å². The molecule has 3 rings (SSSR count). The number of para-hydroxylation sites is 1. The number of anilines is 2. The first-order valence-corrected chi connectivity index (χ1v) is 11.8. The Morgan fingerprint density at radius 3 is 2.15 bits per heavy atom. The first-order chi connectivity index (χ1) is 12.6. The van der Waals surface area contributed by atoms with Crippen molar-refractivity contribution in [3.8, 4) is 0 Å². The number of hydrogen-bond acceptors (Lipinski definition) is 4. The lowest BCUT2D eigenvalue weighted by Gasteiger charge is -2.29. The molecule has 2 aromatic rings. The highest BCUT2D eigenvalue weighted by atomic mass is 32.2. The maximum Gasteiger partial charge on any atom is 0.264 e. The number of benzene rings is 2. The molecular formula is C19H24N2O4S2. The van der Waals surface area contributed by atoms with E-state index in [1.54, 1.807) is 50.2 Å². The molecule has 0 radical (unpaired) electrons. The summed E-state index contributed by atoms with van der Waals surface area (Å²) in [6.45, 7) is 3.84. The summed E-state index contributed by atoms with van der Waals surface area (Å²) in [6, 6.07) is 12.2. The molecular weight excluding hydrogens is 384 g/mol. The van der Waals surface area contributed by atoms with Crippen molar-refractivity contribution in [2.75, 3.05) is 28.0 Å². The van der Waals surface area contributed by atoms with Crippen LogP contribution in [0.2, 0.25) is 0 Å². The van der Waals surface area contributed by atoms with Gasteiger partial charge in [-0.25, -0.2) is 16.8 Å². The van der Waals surface area contributed by atoms with Crippen molar-refractivity contribution in [3.63, 3.8) is 0 Å². The lowest BCUT2D eigenvalue weighted by molar-refractivity contribution is 0.574. The van der Waals surface area contributed by atoms with Crippen LogP contribution in [0.1, 0.15) is 24.0 Å². The quantitative estimate of drug-likeness (QED) is 0.779. The fourth-order valence-electron chi connectivity index (χ4n) is 3.47. The second-order valence-electron chi connectivity index (χ2n) is 6.81. The zero-order valence-electron chi connectivity index (χ0n) is 15.7. The van der Waals surface area contributed by atoms with E-state index in [4.69, 9.17) is 0 Å². The molecule has 0 N–H and O–H groups in total. The molecule has 0 spiro atoms. The smallest absolute Gasteiger partial charge is 0.264 e. The summed E-state index contributed by atoms with van der Waals surface area (Å²) in [7, 11) is -5.59. The van der Waals surface area contributed by atoms with Crippen LogP contribution in [0, 0.1) is 13.8 Å². The Morgan fingerprint density at radius 1 is 1.00 bits per heavy atom. The SMILES string of the molecule is Cc1cc(N2CCCCS2(=O)=O)cc(C)c1S(=O)(=O)N(C)c1ccccc1. The van der Waals surface area contributed by atoms with E-state index in [-0.39, 0.29) is 10.6 Å². The molecule has 2 aromatic carbocycles. The number of sulfonamides is 2. The Bertz CT molecular complexity index is 1030. The van der Waals surface area contributed by atoms with Crippen LogP contribution in [0.3, 0.4) is 0 Å². The number of hydrogen-bond donors (Lipinski definition) is 0. The van der Waals surface area contributed by atoms with Gasteiger partial charge in [0.2, 0.25) is 10.0 Å². The van der Waals surface area contributed by atoms with Crippen molar-refractivity contribution in [2.24, 2.45) is 0 Å². The van der Waals surface area contributed by atoms with Gasteiger partial charge >= 0.3 is 0 Å². The van der Waals surface area contributed by atoms with E-state index in [0.717, 1.165) is 6.42 Å². The zero-order chi connectivity index (χ0) is 19.8. The second kappa shape index (κ2) is 7.16. The molecule has 0 saturated carbocycles. The molecule has 1 heterocycles. The van der Waals surface area contributed by atoms with Gasteiger partial charge in [0.25, 0.3) is 10.0 Å². The molecule has 27 heavy (non-hydrogen) atoms. The largest absolute Gasteiger partial charge is 0.270 e. The molecule has 1 fully saturated rings. The lowest BCUT2D eigenvalue weighted by atomic mass is 10.1. The predicted molar refractivity (Wildman–Crippen MR) is 108 cm³/mol. The van der Waals surface area contributed by atoms with Gasteiger partial charge in [-0.1, -0.05) is 18.2 Å². The van der Waals surface area contributed by atoms with Gasteiger partial charge < -0.3 is 0 Å². The average molecular weight is 409 g/mol. The molecule has 146 valence electrons. The second-order valence-corrected chi connectivity index (χ2v) is 10.7. The topological polar surface area (TPSA) is 74.8 Å². The summed E-state index contributed by atoms with van der Waals surface area (Å²) in [4.78, 5) is 0.215. The fourth-order valence-corrected chi connectivity index (χ4v) is 6.70. The first kappa shape index (κ1) is 19.7. The summed E-state index contributed by atoms with van der Waals surface area (Å²) in [5, 5.41) is 0. The molecule has 1 aliphatic heterocycles. The third-order valence-corrected chi connectivity index (χ3v) is 8.78. The van der Waals surface area contributed by atoms with Gasteiger partial charge in [-0.2, -0.15) is 0 Å². The highest BCUT2D eigenvalue weighted by molar-refractivity contribution is 7.93. The first-order valence-electron chi connectivity index (χ1n) is 8.80. The van der Waals surface area contributed by atoms with Gasteiger partial charge in [-0.3, -0.25) is 8.61 Å². The van der Waals surface area contributed by atoms with Gasteiger partial charge in [0.15, 0.2) is 0 Å². The highest BCUT2D eigenvalue weighted by Gasteiger charge is 2.30. The van der Waals surface area contributed by atoms with Crippen LogP contribution in [-0.4, -0.2) is 36.2 Å². The number of rotatable bonds is 4. The molecule has 8 heteroatoms. The third kappa shape index (κ3) is 3.68. The van der Waals surface area contributed by atoms with E-state index in [9.17, 15) is 16.8 Å². The standard InChI is InChI=1S/C19H24N2O4S2/c1-15-13-18(21-11-7-8-12-26(21,22)23)14-16(2)19(15)27(24,25)20(3)17-9-5-4-6-10-17/h4-6,9-10,13-14H,7-8,11-12H2,1-3H3. The van der Waals surface area contributed by atoms with E-state index in [1.165, 1.54) is 15.7 Å². The monoisotopic (exact) mass is 408 g/mol. The lowest BCUT2D eigenvalue weighted by Crippen LogP contribution is -2.38. The Kier molecular flexibility index (Phi) is 5.22. The number of aryl methyl sites for hydroxylation is 2. The fraction of sp³-hybridized carbons (Fsp3) is 0.368. The Labute approximate surface area is 161 Å². The van der Waals surface area contributed by atoms with E-state index in [2.05, 4.69) is 0 Å². The Hall–Kier alpha value is -2.06. The van der Waals surface area contributed by atoms with Crippen LogP contribution in [0.15, 0.2) is 47.4 Å². The van der Waals surface area contributed by atoms with Crippen molar-refractivity contribution in [1.29, 1.82) is 0 Å². The van der Waals surface area contributed by atoms with Gasteiger partial charge in [0.05, 0.1) is 22.0 Å². The molecule has 0 unspecified atom stereocenters. The van der Waals surface area contributed by atoms with Crippen molar-refractivity contribution in [1.82, 2.24) is 0 Å². The van der Waals surface area contributed by atoms with Crippen LogP contribution >= 0.6 is 0 Å². The molecule has 1 aliphatic rings. The maximum absolute atomic E-state index is 13.2. The van der Waals surface area contributed by atoms with Gasteiger partial charge in [0.1, 0.15) is 0 Å². The van der Waals surface area contributed by atoms with E-state index in [0.29, 0.717) is 35.5 Å². The van der Waals surface area contributed by atoms with Crippen molar-refractivity contribution in [3.05, 3.63) is 53.6 Å². The van der Waals surface area contributed by atoms with Gasteiger partial charge in [-0.05, 0) is 62.1 Å². The van der Waals surface area contributed by atoms with Crippen LogP contribution < -0.4 is 8.61 Å². The zero-order valence-corrected chi connectivity index (χ0v) is 17.3. The summed E-state index contributed by atoms with van der Waals surface area (Å²) in [5.74, 6) is 0.127. The van der Waals surface area contributed by atoms with Crippen LogP contribution in [0.5, 0.6) is 0 Å². The Morgan fingerprint density at radius 2 is 1.59 bits per heavy atom. The van der Waals surface area contributed by atoms with E-state index in [1.807, 2.05) is 6.07 Å². The number of nitrogens with zero attached hydrogens (tertiary/aromatic N) is 2. The molecule has 0 bridgehead atoms.